The summed E-state index contributed by atoms with van der Waals surface area (Å²) in [6.07, 6.45) is 1.53. The highest BCUT2D eigenvalue weighted by Crippen LogP contribution is 2.32. The first-order valence-electron chi connectivity index (χ1n) is 8.72. The van der Waals surface area contributed by atoms with E-state index in [1.54, 1.807) is 56.3 Å². The maximum Gasteiger partial charge on any atom is 0.181 e. The van der Waals surface area contributed by atoms with Crippen molar-refractivity contribution < 1.29 is 14.0 Å². The van der Waals surface area contributed by atoms with Gasteiger partial charge < -0.3 is 15.4 Å². The van der Waals surface area contributed by atoms with Gasteiger partial charge in [0.25, 0.3) is 0 Å². The molecule has 0 bridgehead atoms. The van der Waals surface area contributed by atoms with E-state index < -0.39 is 22.7 Å². The number of hydrogen-bond acceptors (Lipinski definition) is 5. The number of nitrogens with zero attached hydrogens (tertiary/aromatic N) is 1. The molecule has 0 fully saturated rings. The first-order valence-corrected chi connectivity index (χ1v) is 9.87. The van der Waals surface area contributed by atoms with E-state index in [4.69, 9.17) is 5.73 Å². The molecule has 1 heterocycles. The van der Waals surface area contributed by atoms with Crippen LogP contribution in [0.2, 0.25) is 0 Å². The number of anilines is 1. The normalized spacial score (nSPS) is 12.8. The van der Waals surface area contributed by atoms with Crippen LogP contribution in [0, 0.1) is 5.82 Å². The number of aliphatic hydroxyl groups is 1. The fraction of sp³-hybridized carbons (Fsp3) is 0.190. The smallest absolute Gasteiger partial charge is 0.181 e. The molecular formula is C21H22FN3O2S. The minimum Gasteiger partial charge on any atom is -0.593 e. The zero-order valence-electron chi connectivity index (χ0n) is 15.6. The zero-order valence-corrected chi connectivity index (χ0v) is 16.5. The molecule has 0 aliphatic heterocycles. The molecule has 28 heavy (non-hydrogen) atoms. The summed E-state index contributed by atoms with van der Waals surface area (Å²) in [7, 11) is 0. The summed E-state index contributed by atoms with van der Waals surface area (Å²) in [5.74, 6) is -0.0382. The maximum atomic E-state index is 14.8. The molecule has 5 nitrogen and oxygen atoms in total. The molecule has 2 aromatic carbocycles. The topological polar surface area (TPSA) is 94.2 Å². The van der Waals surface area contributed by atoms with Crippen molar-refractivity contribution in [2.24, 2.45) is 0 Å². The number of halogens is 1. The van der Waals surface area contributed by atoms with E-state index in [-0.39, 0.29) is 6.61 Å². The van der Waals surface area contributed by atoms with Crippen LogP contribution in [0.4, 0.5) is 10.2 Å². The van der Waals surface area contributed by atoms with Crippen LogP contribution in [0.25, 0.3) is 22.3 Å². The van der Waals surface area contributed by atoms with Crippen LogP contribution < -0.4 is 10.5 Å². The number of rotatable bonds is 6. The van der Waals surface area contributed by atoms with Gasteiger partial charge in [0.15, 0.2) is 4.90 Å². The molecule has 7 heteroatoms. The Balaban J connectivity index is 1.96. The number of hydrogen-bond donors (Lipinski definition) is 3. The second-order valence-corrected chi connectivity index (χ2v) is 8.26. The lowest BCUT2D eigenvalue weighted by molar-refractivity contribution is 0.208. The summed E-state index contributed by atoms with van der Waals surface area (Å²) in [6.45, 7) is 3.34. The van der Waals surface area contributed by atoms with Crippen molar-refractivity contribution >= 4 is 17.2 Å². The van der Waals surface area contributed by atoms with Crippen LogP contribution >= 0.6 is 0 Å². The summed E-state index contributed by atoms with van der Waals surface area (Å²) < 4.78 is 30.5. The maximum absolute atomic E-state index is 14.8. The molecule has 1 atom stereocenters. The lowest BCUT2D eigenvalue weighted by atomic mass is 10.0. The Morgan fingerprint density at radius 3 is 2.46 bits per heavy atom. The predicted octanol–water partition coefficient (Wildman–Crippen LogP) is 3.52. The average molecular weight is 399 g/mol. The van der Waals surface area contributed by atoms with Crippen molar-refractivity contribution in [2.75, 3.05) is 12.3 Å². The van der Waals surface area contributed by atoms with Crippen LogP contribution in [0.5, 0.6) is 0 Å². The molecule has 1 aromatic heterocycles. The van der Waals surface area contributed by atoms with E-state index in [9.17, 15) is 14.0 Å². The van der Waals surface area contributed by atoms with Crippen molar-refractivity contribution in [1.29, 1.82) is 0 Å². The van der Waals surface area contributed by atoms with Gasteiger partial charge in [-0.15, -0.1) is 4.72 Å². The first kappa shape index (κ1) is 20.3. The Hall–Kier alpha value is -2.45. The minimum atomic E-state index is -1.57. The van der Waals surface area contributed by atoms with Crippen LogP contribution in [0.1, 0.15) is 13.8 Å². The monoisotopic (exact) mass is 399 g/mol. The molecule has 3 aromatic rings. The van der Waals surface area contributed by atoms with Crippen LogP contribution in [-0.4, -0.2) is 26.8 Å². The van der Waals surface area contributed by atoms with E-state index in [0.29, 0.717) is 33.0 Å². The van der Waals surface area contributed by atoms with Crippen LogP contribution in [0.3, 0.4) is 0 Å². The van der Waals surface area contributed by atoms with Gasteiger partial charge in [0, 0.05) is 22.9 Å². The average Bonchev–Trinajstić information content (AvgIpc) is 2.68. The van der Waals surface area contributed by atoms with Crippen molar-refractivity contribution in [3.05, 3.63) is 66.6 Å². The number of nitrogen functional groups attached to an aromatic ring is 1. The molecular weight excluding hydrogens is 377 g/mol. The van der Waals surface area contributed by atoms with Gasteiger partial charge in [0.05, 0.1) is 23.5 Å². The third-order valence-electron chi connectivity index (χ3n) is 4.23. The van der Waals surface area contributed by atoms with Crippen molar-refractivity contribution in [2.45, 2.75) is 24.3 Å². The van der Waals surface area contributed by atoms with Crippen molar-refractivity contribution in [1.82, 2.24) is 9.71 Å². The Kier molecular flexibility index (Phi) is 6.00. The van der Waals surface area contributed by atoms with Gasteiger partial charge >= 0.3 is 0 Å². The van der Waals surface area contributed by atoms with E-state index in [0.717, 1.165) is 0 Å². The molecule has 3 rings (SSSR count). The van der Waals surface area contributed by atoms with Gasteiger partial charge in [-0.25, -0.2) is 9.37 Å². The molecule has 4 N–H and O–H groups in total. The highest BCUT2D eigenvalue weighted by Gasteiger charge is 2.27. The van der Waals surface area contributed by atoms with Gasteiger partial charge in [0.1, 0.15) is 11.6 Å². The van der Waals surface area contributed by atoms with Gasteiger partial charge in [0.2, 0.25) is 0 Å². The van der Waals surface area contributed by atoms with Crippen LogP contribution in [-0.2, 0) is 11.4 Å². The SMILES string of the molecule is CC(C)(CO)N[S+]([O-])c1ccccc1-c1ccc(-c2ccc(N)nc2)c(F)c1. The van der Waals surface area contributed by atoms with E-state index in [1.807, 2.05) is 6.07 Å². The third-order valence-corrected chi connectivity index (χ3v) is 5.72. The Morgan fingerprint density at radius 2 is 1.82 bits per heavy atom. The fourth-order valence-electron chi connectivity index (χ4n) is 2.69. The summed E-state index contributed by atoms with van der Waals surface area (Å²) in [5.41, 5.74) is 7.18. The van der Waals surface area contributed by atoms with Gasteiger partial charge in [-0.05, 0) is 49.7 Å². The van der Waals surface area contributed by atoms with Crippen molar-refractivity contribution in [3.8, 4) is 22.3 Å². The fourth-order valence-corrected chi connectivity index (χ4v) is 3.95. The van der Waals surface area contributed by atoms with Gasteiger partial charge in [-0.3, -0.25) is 0 Å². The predicted molar refractivity (Wildman–Crippen MR) is 110 cm³/mol. The second kappa shape index (κ2) is 8.28. The number of benzene rings is 2. The highest BCUT2D eigenvalue weighted by atomic mass is 32.2. The summed E-state index contributed by atoms with van der Waals surface area (Å²) in [6, 6.07) is 15.3. The molecule has 0 amide bonds. The molecule has 0 aliphatic rings. The molecule has 0 saturated heterocycles. The third kappa shape index (κ3) is 4.51. The number of nitrogens with two attached hydrogens (primary N) is 1. The molecule has 1 unspecified atom stereocenters. The lowest BCUT2D eigenvalue weighted by Crippen LogP contribution is -2.46. The Morgan fingerprint density at radius 1 is 1.11 bits per heavy atom. The minimum absolute atomic E-state index is 0.167. The lowest BCUT2D eigenvalue weighted by Gasteiger charge is -2.24. The number of aromatic nitrogens is 1. The molecule has 0 saturated carbocycles. The van der Waals surface area contributed by atoms with Crippen LogP contribution in [0.15, 0.2) is 65.7 Å². The number of pyridine rings is 1. The molecule has 146 valence electrons. The Bertz CT molecular complexity index is 964. The summed E-state index contributed by atoms with van der Waals surface area (Å²) in [4.78, 5) is 4.52. The van der Waals surface area contributed by atoms with Crippen molar-refractivity contribution in [3.63, 3.8) is 0 Å². The Labute approximate surface area is 166 Å². The molecule has 0 aliphatic carbocycles. The number of aliphatic hydroxyl groups excluding tert-OH is 1. The second-order valence-electron chi connectivity index (χ2n) is 7.08. The first-order chi connectivity index (χ1) is 13.3. The molecule has 0 radical (unpaired) electrons. The van der Waals surface area contributed by atoms with Gasteiger partial charge in [-0.2, -0.15) is 0 Å². The highest BCUT2D eigenvalue weighted by molar-refractivity contribution is 7.89. The standard InChI is InChI=1S/C21H22FN3O2S/c1-21(2,13-26)25-28(27)19-6-4-3-5-17(19)14-7-9-16(18(22)11-14)15-8-10-20(23)24-12-15/h3-12,25-26H,13H2,1-2H3,(H2,23,24). The van der Waals surface area contributed by atoms with E-state index in [1.165, 1.54) is 12.3 Å². The number of nitrogens with one attached hydrogen (secondary N) is 1. The summed E-state index contributed by atoms with van der Waals surface area (Å²) >= 11 is -1.57. The largest absolute Gasteiger partial charge is 0.593 e. The van der Waals surface area contributed by atoms with Gasteiger partial charge in [-0.1, -0.05) is 24.3 Å². The molecule has 0 spiro atoms. The van der Waals surface area contributed by atoms with E-state index in [2.05, 4.69) is 9.71 Å². The summed E-state index contributed by atoms with van der Waals surface area (Å²) in [5, 5.41) is 9.41. The quantitative estimate of drug-likeness (QED) is 0.552. The zero-order chi connectivity index (χ0) is 20.3. The van der Waals surface area contributed by atoms with E-state index >= 15 is 0 Å².